The number of anilines is 1. The Labute approximate surface area is 120 Å². The summed E-state index contributed by atoms with van der Waals surface area (Å²) in [5, 5.41) is 0. The second-order valence-electron chi connectivity index (χ2n) is 4.57. The number of hydrogen-bond donors (Lipinski definition) is 1. The first-order chi connectivity index (χ1) is 9.15. The monoisotopic (exact) mass is 292 g/mol. The average Bonchev–Trinajstić information content (AvgIpc) is 2.84. The van der Waals surface area contributed by atoms with Gasteiger partial charge in [-0.1, -0.05) is 23.7 Å². The van der Waals surface area contributed by atoms with Crippen molar-refractivity contribution in [1.82, 2.24) is 4.90 Å². The predicted molar refractivity (Wildman–Crippen MR) is 78.6 cm³/mol. The minimum Gasteiger partial charge on any atom is -0.398 e. The fourth-order valence-electron chi connectivity index (χ4n) is 2.40. The summed E-state index contributed by atoms with van der Waals surface area (Å²) in [5.74, 6) is 0.0463. The SMILES string of the molecule is Nc1cccc2c1CCN(C(=O)c1ccc(Cl)s1)C2. The van der Waals surface area contributed by atoms with E-state index < -0.39 is 0 Å². The van der Waals surface area contributed by atoms with Crippen molar-refractivity contribution in [3.63, 3.8) is 0 Å². The van der Waals surface area contributed by atoms with Gasteiger partial charge in [0.15, 0.2) is 0 Å². The number of thiophene rings is 1. The Bertz CT molecular complexity index is 638. The summed E-state index contributed by atoms with van der Waals surface area (Å²) in [6.45, 7) is 1.32. The molecule has 0 bridgehead atoms. The molecule has 2 heterocycles. The molecule has 0 unspecified atom stereocenters. The van der Waals surface area contributed by atoms with Crippen molar-refractivity contribution in [3.05, 3.63) is 50.7 Å². The maximum Gasteiger partial charge on any atom is 0.264 e. The van der Waals surface area contributed by atoms with Gasteiger partial charge in [-0.05, 0) is 35.7 Å². The Morgan fingerprint density at radius 3 is 2.89 bits per heavy atom. The van der Waals surface area contributed by atoms with Gasteiger partial charge >= 0.3 is 0 Å². The molecule has 0 spiro atoms. The van der Waals surface area contributed by atoms with E-state index in [2.05, 4.69) is 0 Å². The third-order valence-corrected chi connectivity index (χ3v) is 4.59. The minimum absolute atomic E-state index is 0.0463. The van der Waals surface area contributed by atoms with Crippen molar-refractivity contribution in [3.8, 4) is 0 Å². The molecule has 19 heavy (non-hydrogen) atoms. The molecule has 0 aliphatic carbocycles. The van der Waals surface area contributed by atoms with E-state index in [0.717, 1.165) is 17.7 Å². The van der Waals surface area contributed by atoms with Crippen LogP contribution in [0.2, 0.25) is 4.34 Å². The zero-order valence-corrected chi connectivity index (χ0v) is 11.8. The van der Waals surface area contributed by atoms with E-state index in [0.29, 0.717) is 22.3 Å². The van der Waals surface area contributed by atoms with Gasteiger partial charge in [-0.3, -0.25) is 4.79 Å². The van der Waals surface area contributed by atoms with Crippen molar-refractivity contribution in [2.45, 2.75) is 13.0 Å². The zero-order valence-electron chi connectivity index (χ0n) is 10.2. The quantitative estimate of drug-likeness (QED) is 0.821. The number of nitrogen functional groups attached to an aromatic ring is 1. The second-order valence-corrected chi connectivity index (χ2v) is 6.28. The number of amides is 1. The maximum atomic E-state index is 12.4. The van der Waals surface area contributed by atoms with Gasteiger partial charge < -0.3 is 10.6 Å². The Morgan fingerprint density at radius 2 is 2.16 bits per heavy atom. The van der Waals surface area contributed by atoms with Gasteiger partial charge in [-0.15, -0.1) is 11.3 Å². The molecular formula is C14H13ClN2OS. The summed E-state index contributed by atoms with van der Waals surface area (Å²) in [4.78, 5) is 14.9. The fraction of sp³-hybridized carbons (Fsp3) is 0.214. The van der Waals surface area contributed by atoms with Crippen LogP contribution in [0.4, 0.5) is 5.69 Å². The van der Waals surface area contributed by atoms with Crippen LogP contribution in [0.5, 0.6) is 0 Å². The number of fused-ring (bicyclic) bond motifs is 1. The molecule has 2 aromatic rings. The fourth-order valence-corrected chi connectivity index (χ4v) is 3.41. The lowest BCUT2D eigenvalue weighted by atomic mass is 9.98. The Kier molecular flexibility index (Phi) is 3.21. The number of hydrogen-bond acceptors (Lipinski definition) is 3. The lowest BCUT2D eigenvalue weighted by molar-refractivity contribution is 0.0740. The van der Waals surface area contributed by atoms with E-state index in [4.69, 9.17) is 17.3 Å². The molecule has 0 radical (unpaired) electrons. The van der Waals surface area contributed by atoms with E-state index in [1.807, 2.05) is 23.1 Å². The molecular weight excluding hydrogens is 280 g/mol. The molecule has 0 fully saturated rings. The highest BCUT2D eigenvalue weighted by atomic mass is 35.5. The van der Waals surface area contributed by atoms with Crippen molar-refractivity contribution < 1.29 is 4.79 Å². The molecule has 1 aliphatic rings. The molecule has 1 aliphatic heterocycles. The summed E-state index contributed by atoms with van der Waals surface area (Å²) in [6, 6.07) is 9.42. The number of benzene rings is 1. The highest BCUT2D eigenvalue weighted by molar-refractivity contribution is 7.17. The number of carbonyl (C=O) groups is 1. The highest BCUT2D eigenvalue weighted by Crippen LogP contribution is 2.27. The molecule has 98 valence electrons. The van der Waals surface area contributed by atoms with Crippen molar-refractivity contribution in [1.29, 1.82) is 0 Å². The lowest BCUT2D eigenvalue weighted by Crippen LogP contribution is -2.35. The van der Waals surface area contributed by atoms with Crippen LogP contribution in [0.1, 0.15) is 20.8 Å². The summed E-state index contributed by atoms with van der Waals surface area (Å²) in [6.07, 6.45) is 0.812. The molecule has 3 nitrogen and oxygen atoms in total. The minimum atomic E-state index is 0.0463. The molecule has 5 heteroatoms. The molecule has 3 rings (SSSR count). The zero-order chi connectivity index (χ0) is 13.4. The van der Waals surface area contributed by atoms with E-state index in [1.54, 1.807) is 12.1 Å². The highest BCUT2D eigenvalue weighted by Gasteiger charge is 2.23. The molecule has 0 saturated heterocycles. The maximum absolute atomic E-state index is 12.4. The third-order valence-electron chi connectivity index (χ3n) is 3.37. The van der Waals surface area contributed by atoms with Crippen LogP contribution in [0, 0.1) is 0 Å². The molecule has 1 aromatic carbocycles. The number of nitrogens with two attached hydrogens (primary N) is 1. The van der Waals surface area contributed by atoms with Crippen molar-refractivity contribution in [2.24, 2.45) is 0 Å². The van der Waals surface area contributed by atoms with Crippen molar-refractivity contribution in [2.75, 3.05) is 12.3 Å². The van der Waals surface area contributed by atoms with Crippen LogP contribution in [-0.4, -0.2) is 17.4 Å². The smallest absolute Gasteiger partial charge is 0.264 e. The number of rotatable bonds is 1. The summed E-state index contributed by atoms with van der Waals surface area (Å²) in [7, 11) is 0. The van der Waals surface area contributed by atoms with Gasteiger partial charge in [0, 0.05) is 18.8 Å². The summed E-state index contributed by atoms with van der Waals surface area (Å²) in [5.41, 5.74) is 9.10. The van der Waals surface area contributed by atoms with Crippen LogP contribution in [0.3, 0.4) is 0 Å². The standard InChI is InChI=1S/C14H13ClN2OS/c15-13-5-4-12(19-13)14(18)17-7-6-10-9(8-17)2-1-3-11(10)16/h1-5H,6-8,16H2. The second kappa shape index (κ2) is 4.87. The van der Waals surface area contributed by atoms with Crippen molar-refractivity contribution >= 4 is 34.5 Å². The van der Waals surface area contributed by atoms with E-state index in [-0.39, 0.29) is 5.91 Å². The molecule has 2 N–H and O–H groups in total. The first kappa shape index (κ1) is 12.5. The Hall–Kier alpha value is -1.52. The largest absolute Gasteiger partial charge is 0.398 e. The summed E-state index contributed by atoms with van der Waals surface area (Å²) < 4.78 is 0.644. The third kappa shape index (κ3) is 2.33. The molecule has 1 aromatic heterocycles. The van der Waals surface area contributed by atoms with Crippen LogP contribution in [0.15, 0.2) is 30.3 Å². The van der Waals surface area contributed by atoms with E-state index in [9.17, 15) is 4.79 Å². The lowest BCUT2D eigenvalue weighted by Gasteiger charge is -2.29. The Balaban J connectivity index is 1.84. The van der Waals surface area contributed by atoms with E-state index >= 15 is 0 Å². The van der Waals surface area contributed by atoms with Gasteiger partial charge in [-0.2, -0.15) is 0 Å². The molecule has 1 amide bonds. The van der Waals surface area contributed by atoms with Gasteiger partial charge in [0.05, 0.1) is 9.21 Å². The van der Waals surface area contributed by atoms with Crippen LogP contribution in [0.25, 0.3) is 0 Å². The number of halogens is 1. The number of nitrogens with zero attached hydrogens (tertiary/aromatic N) is 1. The first-order valence-electron chi connectivity index (χ1n) is 6.06. The predicted octanol–water partition coefficient (Wildman–Crippen LogP) is 3.18. The van der Waals surface area contributed by atoms with Gasteiger partial charge in [0.25, 0.3) is 5.91 Å². The van der Waals surface area contributed by atoms with Gasteiger partial charge in [0.1, 0.15) is 0 Å². The van der Waals surface area contributed by atoms with E-state index in [1.165, 1.54) is 16.9 Å². The topological polar surface area (TPSA) is 46.3 Å². The Morgan fingerprint density at radius 1 is 1.32 bits per heavy atom. The number of carbonyl (C=O) groups excluding carboxylic acids is 1. The van der Waals surface area contributed by atoms with Crippen LogP contribution < -0.4 is 5.73 Å². The van der Waals surface area contributed by atoms with Crippen LogP contribution in [-0.2, 0) is 13.0 Å². The summed E-state index contributed by atoms with van der Waals surface area (Å²) >= 11 is 7.20. The average molecular weight is 293 g/mol. The van der Waals surface area contributed by atoms with Gasteiger partial charge in [0.2, 0.25) is 0 Å². The van der Waals surface area contributed by atoms with Gasteiger partial charge in [-0.25, -0.2) is 0 Å². The molecule has 0 atom stereocenters. The normalized spacial score (nSPS) is 14.3. The first-order valence-corrected chi connectivity index (χ1v) is 7.25. The van der Waals surface area contributed by atoms with Crippen LogP contribution >= 0.6 is 22.9 Å². The molecule has 0 saturated carbocycles.